The van der Waals surface area contributed by atoms with Crippen molar-refractivity contribution in [3.8, 4) is 0 Å². The molecule has 0 aliphatic carbocycles. The second kappa shape index (κ2) is 7.22. The summed E-state index contributed by atoms with van der Waals surface area (Å²) >= 11 is 0. The predicted molar refractivity (Wildman–Crippen MR) is 88.5 cm³/mol. The first-order valence-corrected chi connectivity index (χ1v) is 7.61. The van der Waals surface area contributed by atoms with Crippen LogP contribution < -0.4 is 5.32 Å². The summed E-state index contributed by atoms with van der Waals surface area (Å²) in [4.78, 5) is 31.5. The third kappa shape index (κ3) is 3.64. The van der Waals surface area contributed by atoms with Crippen LogP contribution in [0.2, 0.25) is 0 Å². The number of benzene rings is 1. The van der Waals surface area contributed by atoms with Gasteiger partial charge in [-0.3, -0.25) is 14.8 Å². The van der Waals surface area contributed by atoms with Crippen molar-refractivity contribution in [2.45, 2.75) is 12.5 Å². The Labute approximate surface area is 146 Å². The highest BCUT2D eigenvalue weighted by molar-refractivity contribution is 6.07. The van der Waals surface area contributed by atoms with Crippen LogP contribution >= 0.6 is 0 Å². The molecule has 6 nitrogen and oxygen atoms in total. The first-order valence-electron chi connectivity index (χ1n) is 7.61. The standard InChI is InChI=1S/C18H13F2N3O3/c19-11-5-10(7-22-8-11)6-16(18(25)26)23-17(24)13-1-2-15(20)12-3-4-21-9-14(12)13/h1-5,7-9,16H,6H2,(H,23,24)(H,25,26). The number of hydrogen-bond donors (Lipinski definition) is 2. The number of aromatic nitrogens is 2. The molecule has 0 radical (unpaired) electrons. The van der Waals surface area contributed by atoms with Gasteiger partial charge in [0.05, 0.1) is 6.20 Å². The first-order chi connectivity index (χ1) is 12.5. The third-order valence-electron chi connectivity index (χ3n) is 3.81. The Morgan fingerprint density at radius 3 is 2.62 bits per heavy atom. The van der Waals surface area contributed by atoms with Crippen molar-refractivity contribution in [2.75, 3.05) is 0 Å². The molecular weight excluding hydrogens is 344 g/mol. The van der Waals surface area contributed by atoms with E-state index >= 15 is 0 Å². The maximum absolute atomic E-state index is 13.8. The number of halogens is 2. The van der Waals surface area contributed by atoms with Crippen LogP contribution in [0.15, 0.2) is 49.1 Å². The number of amides is 1. The average molecular weight is 357 g/mol. The minimum atomic E-state index is -1.30. The number of pyridine rings is 2. The molecule has 3 aromatic rings. The van der Waals surface area contributed by atoms with Crippen LogP contribution in [0.4, 0.5) is 8.78 Å². The SMILES string of the molecule is O=C(NC(Cc1cncc(F)c1)C(=O)O)c1ccc(F)c2ccncc12. The molecule has 0 aliphatic rings. The van der Waals surface area contributed by atoms with Gasteiger partial charge in [-0.15, -0.1) is 0 Å². The normalized spacial score (nSPS) is 11.9. The predicted octanol–water partition coefficient (Wildman–Crippen LogP) is 2.33. The number of carbonyl (C=O) groups is 2. The van der Waals surface area contributed by atoms with Crippen LogP contribution in [-0.2, 0) is 11.2 Å². The minimum absolute atomic E-state index is 0.0955. The van der Waals surface area contributed by atoms with Crippen molar-refractivity contribution < 1.29 is 23.5 Å². The average Bonchev–Trinajstić information content (AvgIpc) is 2.61. The number of fused-ring (bicyclic) bond motifs is 1. The van der Waals surface area contributed by atoms with E-state index in [-0.39, 0.29) is 22.8 Å². The van der Waals surface area contributed by atoms with E-state index in [2.05, 4.69) is 15.3 Å². The van der Waals surface area contributed by atoms with Gasteiger partial charge < -0.3 is 10.4 Å². The van der Waals surface area contributed by atoms with E-state index in [1.807, 2.05) is 0 Å². The number of nitrogens with zero attached hydrogens (tertiary/aromatic N) is 2. The van der Waals surface area contributed by atoms with Crippen LogP contribution in [0.3, 0.4) is 0 Å². The van der Waals surface area contributed by atoms with Gasteiger partial charge in [-0.2, -0.15) is 0 Å². The number of hydrogen-bond acceptors (Lipinski definition) is 4. The summed E-state index contributed by atoms with van der Waals surface area (Å²) in [7, 11) is 0. The van der Waals surface area contributed by atoms with E-state index in [9.17, 15) is 23.5 Å². The number of nitrogens with one attached hydrogen (secondary N) is 1. The fourth-order valence-electron chi connectivity index (χ4n) is 2.59. The molecule has 0 bridgehead atoms. The van der Waals surface area contributed by atoms with Crippen molar-refractivity contribution >= 4 is 22.6 Å². The van der Waals surface area contributed by atoms with Gasteiger partial charge in [-0.1, -0.05) is 0 Å². The number of aliphatic carboxylic acids is 1. The lowest BCUT2D eigenvalue weighted by Crippen LogP contribution is -2.42. The van der Waals surface area contributed by atoms with Crippen LogP contribution in [0.5, 0.6) is 0 Å². The maximum atomic E-state index is 13.8. The molecule has 0 spiro atoms. The molecule has 0 aliphatic heterocycles. The van der Waals surface area contributed by atoms with Crippen LogP contribution in [0.25, 0.3) is 10.8 Å². The van der Waals surface area contributed by atoms with E-state index in [1.54, 1.807) is 0 Å². The monoisotopic (exact) mass is 357 g/mol. The molecule has 3 rings (SSSR count). The van der Waals surface area contributed by atoms with Gasteiger partial charge in [0, 0.05) is 41.3 Å². The van der Waals surface area contributed by atoms with Gasteiger partial charge in [0.1, 0.15) is 17.7 Å². The Bertz CT molecular complexity index is 994. The summed E-state index contributed by atoms with van der Waals surface area (Å²) < 4.78 is 27.1. The topological polar surface area (TPSA) is 92.2 Å². The van der Waals surface area contributed by atoms with E-state index in [0.717, 1.165) is 18.3 Å². The smallest absolute Gasteiger partial charge is 0.326 e. The van der Waals surface area contributed by atoms with Gasteiger partial charge in [0.15, 0.2) is 0 Å². The molecule has 0 saturated heterocycles. The summed E-state index contributed by atoms with van der Waals surface area (Å²) in [5.41, 5.74) is 0.418. The molecule has 0 fully saturated rings. The zero-order valence-electron chi connectivity index (χ0n) is 13.3. The summed E-state index contributed by atoms with van der Waals surface area (Å²) in [5, 5.41) is 12.2. The van der Waals surface area contributed by atoms with Crippen LogP contribution in [0.1, 0.15) is 15.9 Å². The summed E-state index contributed by atoms with van der Waals surface area (Å²) in [5.74, 6) is -3.10. The summed E-state index contributed by atoms with van der Waals surface area (Å²) in [6.07, 6.45) is 4.89. The molecule has 2 heterocycles. The second-order valence-corrected chi connectivity index (χ2v) is 5.60. The molecular formula is C18H13F2N3O3. The fraction of sp³-hybridized carbons (Fsp3) is 0.111. The highest BCUT2D eigenvalue weighted by Gasteiger charge is 2.23. The molecule has 2 N–H and O–H groups in total. The Morgan fingerprint density at radius 2 is 1.88 bits per heavy atom. The fourth-order valence-corrected chi connectivity index (χ4v) is 2.59. The lowest BCUT2D eigenvalue weighted by Gasteiger charge is -2.15. The highest BCUT2D eigenvalue weighted by Crippen LogP contribution is 2.21. The molecule has 132 valence electrons. The van der Waals surface area contributed by atoms with E-state index in [1.165, 1.54) is 30.7 Å². The van der Waals surface area contributed by atoms with Gasteiger partial charge in [-0.05, 0) is 29.8 Å². The minimum Gasteiger partial charge on any atom is -0.480 e. The Hall–Kier alpha value is -3.42. The molecule has 0 saturated carbocycles. The number of carbonyl (C=O) groups excluding carboxylic acids is 1. The number of carboxylic acids is 1. The van der Waals surface area contributed by atoms with Crippen molar-refractivity contribution in [1.82, 2.24) is 15.3 Å². The van der Waals surface area contributed by atoms with Gasteiger partial charge in [-0.25, -0.2) is 13.6 Å². The highest BCUT2D eigenvalue weighted by atomic mass is 19.1. The van der Waals surface area contributed by atoms with E-state index < -0.39 is 29.6 Å². The quantitative estimate of drug-likeness (QED) is 0.731. The number of carboxylic acid groups (broad SMARTS) is 1. The van der Waals surface area contributed by atoms with Crippen molar-refractivity contribution in [3.63, 3.8) is 0 Å². The zero-order chi connectivity index (χ0) is 18.7. The van der Waals surface area contributed by atoms with Crippen molar-refractivity contribution in [3.05, 3.63) is 71.8 Å². The van der Waals surface area contributed by atoms with Crippen molar-refractivity contribution in [1.29, 1.82) is 0 Å². The Morgan fingerprint density at radius 1 is 1.08 bits per heavy atom. The largest absolute Gasteiger partial charge is 0.480 e. The third-order valence-corrected chi connectivity index (χ3v) is 3.81. The molecule has 26 heavy (non-hydrogen) atoms. The van der Waals surface area contributed by atoms with Gasteiger partial charge in [0.25, 0.3) is 5.91 Å². The number of rotatable bonds is 5. The summed E-state index contributed by atoms with van der Waals surface area (Å²) in [6.45, 7) is 0. The molecule has 1 atom stereocenters. The Kier molecular flexibility index (Phi) is 4.83. The Balaban J connectivity index is 1.87. The van der Waals surface area contributed by atoms with Gasteiger partial charge in [0.2, 0.25) is 0 Å². The lowest BCUT2D eigenvalue weighted by molar-refractivity contribution is -0.139. The molecule has 1 amide bonds. The van der Waals surface area contributed by atoms with Crippen LogP contribution in [0, 0.1) is 11.6 Å². The second-order valence-electron chi connectivity index (χ2n) is 5.60. The lowest BCUT2D eigenvalue weighted by atomic mass is 10.0. The summed E-state index contributed by atoms with van der Waals surface area (Å²) in [6, 6.07) is 3.66. The van der Waals surface area contributed by atoms with E-state index in [4.69, 9.17) is 0 Å². The van der Waals surface area contributed by atoms with Crippen molar-refractivity contribution in [2.24, 2.45) is 0 Å². The van der Waals surface area contributed by atoms with Crippen LogP contribution in [-0.4, -0.2) is 33.0 Å². The molecule has 1 aromatic carbocycles. The zero-order valence-corrected chi connectivity index (χ0v) is 13.3. The van der Waals surface area contributed by atoms with Gasteiger partial charge >= 0.3 is 5.97 Å². The molecule has 1 unspecified atom stereocenters. The van der Waals surface area contributed by atoms with E-state index in [0.29, 0.717) is 5.56 Å². The molecule has 8 heteroatoms. The first kappa shape index (κ1) is 17.4. The molecule has 2 aromatic heterocycles. The maximum Gasteiger partial charge on any atom is 0.326 e.